The summed E-state index contributed by atoms with van der Waals surface area (Å²) in [6, 6.07) is 16.5. The first-order valence-corrected chi connectivity index (χ1v) is 10.8. The molecule has 0 saturated carbocycles. The van der Waals surface area contributed by atoms with Crippen LogP contribution in [0, 0.1) is 6.92 Å². The lowest BCUT2D eigenvalue weighted by atomic mass is 10.2. The predicted molar refractivity (Wildman–Crippen MR) is 119 cm³/mol. The predicted octanol–water partition coefficient (Wildman–Crippen LogP) is 2.74. The monoisotopic (exact) mass is 438 g/mol. The van der Waals surface area contributed by atoms with Crippen molar-refractivity contribution in [3.63, 3.8) is 0 Å². The Kier molecular flexibility index (Phi) is 6.99. The molecule has 0 unspecified atom stereocenters. The molecular weight excluding hydrogens is 416 g/mol. The standard InChI is InChI=1S/C22H22N4O4S/c1-17-7-9-19(10-8-17)31(28,29)26(20-5-3-4-6-21(20)30-2)16-22(27)25-24-15-18-11-13-23-14-12-18/h3-15H,16H2,1-2H3,(H,25,27)/b24-15-. The lowest BCUT2D eigenvalue weighted by Gasteiger charge is -2.25. The highest BCUT2D eigenvalue weighted by atomic mass is 32.2. The highest BCUT2D eigenvalue weighted by Crippen LogP contribution is 2.32. The number of ether oxygens (including phenoxy) is 1. The van der Waals surface area contributed by atoms with E-state index in [1.165, 1.54) is 25.5 Å². The molecule has 0 radical (unpaired) electrons. The number of methoxy groups -OCH3 is 1. The average molecular weight is 439 g/mol. The molecule has 1 N–H and O–H groups in total. The summed E-state index contributed by atoms with van der Waals surface area (Å²) < 4.78 is 33.1. The number of hydrazone groups is 1. The number of rotatable bonds is 8. The van der Waals surface area contributed by atoms with Gasteiger partial charge in [0.05, 0.1) is 23.9 Å². The lowest BCUT2D eigenvalue weighted by Crippen LogP contribution is -2.39. The van der Waals surface area contributed by atoms with Crippen molar-refractivity contribution in [3.05, 3.63) is 84.2 Å². The van der Waals surface area contributed by atoms with Crippen molar-refractivity contribution in [1.29, 1.82) is 0 Å². The third kappa shape index (κ3) is 5.46. The summed E-state index contributed by atoms with van der Waals surface area (Å²) >= 11 is 0. The maximum absolute atomic E-state index is 13.4. The van der Waals surface area contributed by atoms with Crippen LogP contribution in [-0.2, 0) is 14.8 Å². The van der Waals surface area contributed by atoms with Gasteiger partial charge in [-0.15, -0.1) is 0 Å². The van der Waals surface area contributed by atoms with E-state index in [1.807, 2.05) is 6.92 Å². The molecule has 9 heteroatoms. The molecule has 3 rings (SSSR count). The number of nitrogens with zero attached hydrogens (tertiary/aromatic N) is 3. The number of carbonyl (C=O) groups is 1. The quantitative estimate of drug-likeness (QED) is 0.431. The minimum atomic E-state index is -4.04. The van der Waals surface area contributed by atoms with E-state index in [4.69, 9.17) is 4.74 Å². The van der Waals surface area contributed by atoms with Crippen LogP contribution in [-0.4, -0.2) is 39.2 Å². The van der Waals surface area contributed by atoms with E-state index in [1.54, 1.807) is 60.9 Å². The van der Waals surface area contributed by atoms with Gasteiger partial charge in [-0.3, -0.25) is 14.1 Å². The second-order valence-corrected chi connectivity index (χ2v) is 8.43. The first-order valence-electron chi connectivity index (χ1n) is 9.36. The van der Waals surface area contributed by atoms with Crippen LogP contribution in [0.1, 0.15) is 11.1 Å². The van der Waals surface area contributed by atoms with Gasteiger partial charge in [-0.1, -0.05) is 29.8 Å². The summed E-state index contributed by atoms with van der Waals surface area (Å²) in [5.41, 5.74) is 4.28. The molecule has 1 amide bonds. The van der Waals surface area contributed by atoms with Gasteiger partial charge in [-0.05, 0) is 48.9 Å². The molecule has 0 spiro atoms. The molecule has 0 bridgehead atoms. The maximum atomic E-state index is 13.4. The molecule has 2 aromatic carbocycles. The van der Waals surface area contributed by atoms with Crippen molar-refractivity contribution in [1.82, 2.24) is 10.4 Å². The van der Waals surface area contributed by atoms with Crippen LogP contribution < -0.4 is 14.5 Å². The molecule has 0 fully saturated rings. The van der Waals surface area contributed by atoms with Crippen molar-refractivity contribution >= 4 is 27.8 Å². The first kappa shape index (κ1) is 22.0. The number of carbonyl (C=O) groups excluding carboxylic acids is 1. The molecule has 1 aromatic heterocycles. The fourth-order valence-corrected chi connectivity index (χ4v) is 4.20. The number of aromatic nitrogens is 1. The normalized spacial score (nSPS) is 11.3. The minimum absolute atomic E-state index is 0.0668. The second-order valence-electron chi connectivity index (χ2n) is 6.57. The van der Waals surface area contributed by atoms with Gasteiger partial charge >= 0.3 is 0 Å². The smallest absolute Gasteiger partial charge is 0.264 e. The SMILES string of the molecule is COc1ccccc1N(CC(=O)N/N=C\c1ccncc1)S(=O)(=O)c1ccc(C)cc1. The summed E-state index contributed by atoms with van der Waals surface area (Å²) in [5.74, 6) is -0.279. The molecule has 0 aliphatic rings. The number of hydrogen-bond acceptors (Lipinski definition) is 6. The van der Waals surface area contributed by atoms with Crippen molar-refractivity contribution in [2.75, 3.05) is 18.0 Å². The number of benzene rings is 2. The van der Waals surface area contributed by atoms with Crippen LogP contribution in [0.15, 0.2) is 83.1 Å². The third-order valence-electron chi connectivity index (χ3n) is 4.36. The van der Waals surface area contributed by atoms with Gasteiger partial charge in [0, 0.05) is 12.4 Å². The van der Waals surface area contributed by atoms with Gasteiger partial charge in [0.25, 0.3) is 15.9 Å². The van der Waals surface area contributed by atoms with Gasteiger partial charge in [0.15, 0.2) is 0 Å². The topological polar surface area (TPSA) is 101 Å². The Morgan fingerprint density at radius 2 is 1.77 bits per heavy atom. The van der Waals surface area contributed by atoms with E-state index in [0.29, 0.717) is 5.75 Å². The highest BCUT2D eigenvalue weighted by Gasteiger charge is 2.29. The number of hydrogen-bond donors (Lipinski definition) is 1. The first-order chi connectivity index (χ1) is 14.9. The number of nitrogens with one attached hydrogen (secondary N) is 1. The van der Waals surface area contributed by atoms with Crippen molar-refractivity contribution in [2.45, 2.75) is 11.8 Å². The summed E-state index contributed by atoms with van der Waals surface area (Å²) in [4.78, 5) is 16.5. The van der Waals surface area contributed by atoms with Crippen LogP contribution in [0.4, 0.5) is 5.69 Å². The van der Waals surface area contributed by atoms with Crippen LogP contribution in [0.5, 0.6) is 5.75 Å². The Hall–Kier alpha value is -3.72. The number of anilines is 1. The Morgan fingerprint density at radius 1 is 1.10 bits per heavy atom. The zero-order valence-corrected chi connectivity index (χ0v) is 17.9. The van der Waals surface area contributed by atoms with Crippen molar-refractivity contribution < 1.29 is 17.9 Å². The van der Waals surface area contributed by atoms with Crippen molar-refractivity contribution in [3.8, 4) is 5.75 Å². The molecule has 0 atom stereocenters. The second kappa shape index (κ2) is 9.86. The van der Waals surface area contributed by atoms with E-state index in [2.05, 4.69) is 15.5 Å². The number of sulfonamides is 1. The lowest BCUT2D eigenvalue weighted by molar-refractivity contribution is -0.119. The van der Waals surface area contributed by atoms with Gasteiger partial charge in [-0.2, -0.15) is 5.10 Å². The Morgan fingerprint density at radius 3 is 2.45 bits per heavy atom. The van der Waals surface area contributed by atoms with E-state index < -0.39 is 22.5 Å². The maximum Gasteiger partial charge on any atom is 0.264 e. The van der Waals surface area contributed by atoms with E-state index in [0.717, 1.165) is 15.4 Å². The zero-order valence-electron chi connectivity index (χ0n) is 17.1. The van der Waals surface area contributed by atoms with Crippen LogP contribution >= 0.6 is 0 Å². The molecule has 3 aromatic rings. The van der Waals surface area contributed by atoms with Crippen LogP contribution in [0.3, 0.4) is 0 Å². The number of pyridine rings is 1. The van der Waals surface area contributed by atoms with Gasteiger partial charge in [-0.25, -0.2) is 13.8 Å². The van der Waals surface area contributed by atoms with Gasteiger partial charge < -0.3 is 4.74 Å². The summed E-state index contributed by atoms with van der Waals surface area (Å²) in [6.07, 6.45) is 4.64. The molecule has 1 heterocycles. The fraction of sp³-hybridized carbons (Fsp3) is 0.136. The van der Waals surface area contributed by atoms with E-state index in [9.17, 15) is 13.2 Å². The van der Waals surface area contributed by atoms with E-state index in [-0.39, 0.29) is 10.6 Å². The molecule has 160 valence electrons. The number of aryl methyl sites for hydroxylation is 1. The zero-order chi connectivity index (χ0) is 22.3. The van der Waals surface area contributed by atoms with Gasteiger partial charge in [0.1, 0.15) is 12.3 Å². The summed E-state index contributed by atoms with van der Waals surface area (Å²) in [6.45, 7) is 1.38. The summed E-state index contributed by atoms with van der Waals surface area (Å²) in [7, 11) is -2.60. The molecular formula is C22H22N4O4S. The van der Waals surface area contributed by atoms with Crippen LogP contribution in [0.2, 0.25) is 0 Å². The van der Waals surface area contributed by atoms with E-state index >= 15 is 0 Å². The average Bonchev–Trinajstić information content (AvgIpc) is 2.78. The van der Waals surface area contributed by atoms with Crippen LogP contribution in [0.25, 0.3) is 0 Å². The highest BCUT2D eigenvalue weighted by molar-refractivity contribution is 7.92. The Bertz CT molecular complexity index is 1160. The minimum Gasteiger partial charge on any atom is -0.495 e. The van der Waals surface area contributed by atoms with Gasteiger partial charge in [0.2, 0.25) is 0 Å². The molecule has 0 aliphatic heterocycles. The molecule has 0 saturated heterocycles. The Labute approximate surface area is 181 Å². The number of amides is 1. The molecule has 8 nitrogen and oxygen atoms in total. The Balaban J connectivity index is 1.90. The molecule has 0 aliphatic carbocycles. The number of para-hydroxylation sites is 2. The third-order valence-corrected chi connectivity index (χ3v) is 6.13. The molecule has 31 heavy (non-hydrogen) atoms. The van der Waals surface area contributed by atoms with Crippen molar-refractivity contribution in [2.24, 2.45) is 5.10 Å². The largest absolute Gasteiger partial charge is 0.495 e. The fourth-order valence-electron chi connectivity index (χ4n) is 2.77. The summed E-state index contributed by atoms with van der Waals surface area (Å²) in [5, 5.41) is 3.89.